The Bertz CT molecular complexity index is 653. The van der Waals surface area contributed by atoms with Crippen LogP contribution in [0.2, 0.25) is 5.02 Å². The molecule has 19 heavy (non-hydrogen) atoms. The summed E-state index contributed by atoms with van der Waals surface area (Å²) in [6.07, 6.45) is 7.44. The fourth-order valence-corrected chi connectivity index (χ4v) is 4.47. The Morgan fingerprint density at radius 1 is 1.42 bits per heavy atom. The molecule has 2 aromatic rings. The molecule has 0 aliphatic heterocycles. The van der Waals surface area contributed by atoms with Gasteiger partial charge in [0.05, 0.1) is 16.1 Å². The minimum atomic E-state index is 0.343. The Labute approximate surface area is 127 Å². The van der Waals surface area contributed by atoms with Crippen molar-refractivity contribution in [2.24, 2.45) is 0 Å². The zero-order chi connectivity index (χ0) is 13.5. The van der Waals surface area contributed by atoms with Crippen LogP contribution in [0, 0.1) is 4.77 Å². The molecule has 0 amide bonds. The minimum absolute atomic E-state index is 0.343. The Morgan fingerprint density at radius 2 is 2.16 bits per heavy atom. The summed E-state index contributed by atoms with van der Waals surface area (Å²) in [4.78, 5) is 3.25. The monoisotopic (exact) mass is 312 g/mol. The van der Waals surface area contributed by atoms with Crippen molar-refractivity contribution in [3.8, 4) is 0 Å². The number of imidazole rings is 1. The molecule has 1 aromatic heterocycles. The molecule has 0 radical (unpaired) electrons. The number of aromatic nitrogens is 2. The van der Waals surface area contributed by atoms with Gasteiger partial charge in [0.25, 0.3) is 0 Å². The second-order valence-corrected chi connectivity index (χ2v) is 7.31. The first-order valence-electron chi connectivity index (χ1n) is 6.57. The quantitative estimate of drug-likeness (QED) is 0.802. The minimum Gasteiger partial charge on any atom is -0.329 e. The second kappa shape index (κ2) is 5.15. The van der Waals surface area contributed by atoms with E-state index in [-0.39, 0.29) is 0 Å². The number of thioether (sulfide) groups is 1. The van der Waals surface area contributed by atoms with Crippen molar-refractivity contribution >= 4 is 46.6 Å². The molecule has 0 spiro atoms. The van der Waals surface area contributed by atoms with Gasteiger partial charge >= 0.3 is 0 Å². The molecule has 0 saturated heterocycles. The van der Waals surface area contributed by atoms with Gasteiger partial charge in [0.2, 0.25) is 0 Å². The van der Waals surface area contributed by atoms with E-state index in [1.165, 1.54) is 25.7 Å². The first-order valence-corrected chi connectivity index (χ1v) is 8.58. The molecule has 1 N–H and O–H groups in total. The number of H-pyrrole nitrogens is 1. The fraction of sp³-hybridized carbons (Fsp3) is 0.500. The Morgan fingerprint density at radius 3 is 2.84 bits per heavy atom. The van der Waals surface area contributed by atoms with Crippen molar-refractivity contribution in [2.75, 3.05) is 6.26 Å². The summed E-state index contributed by atoms with van der Waals surface area (Å²) in [6.45, 7) is 0.980. The van der Waals surface area contributed by atoms with E-state index in [9.17, 15) is 0 Å². The van der Waals surface area contributed by atoms with Gasteiger partial charge in [0.1, 0.15) is 0 Å². The van der Waals surface area contributed by atoms with E-state index < -0.39 is 0 Å². The molecule has 5 heteroatoms. The predicted octanol–water partition coefficient (Wildman–Crippen LogP) is 5.03. The molecule has 3 rings (SSSR count). The first-order chi connectivity index (χ1) is 9.15. The Kier molecular flexibility index (Phi) is 3.67. The summed E-state index contributed by atoms with van der Waals surface area (Å²) in [6, 6.07) is 5.99. The van der Waals surface area contributed by atoms with Crippen LogP contribution in [-0.2, 0) is 6.54 Å². The van der Waals surface area contributed by atoms with E-state index in [0.29, 0.717) is 4.75 Å². The Hall–Kier alpha value is -0.450. The van der Waals surface area contributed by atoms with Gasteiger partial charge in [0.15, 0.2) is 4.77 Å². The lowest BCUT2D eigenvalue weighted by Crippen LogP contribution is -2.26. The number of halogens is 1. The Balaban J connectivity index is 2.08. The van der Waals surface area contributed by atoms with Gasteiger partial charge in [-0.3, -0.25) is 0 Å². The van der Waals surface area contributed by atoms with Crippen molar-refractivity contribution < 1.29 is 0 Å². The molecule has 0 bridgehead atoms. The zero-order valence-electron chi connectivity index (χ0n) is 10.9. The SMILES string of the molecule is CSC1(Cn2c(=S)[nH]c3c(Cl)cccc32)CCCC1. The molecular weight excluding hydrogens is 296 g/mol. The van der Waals surface area contributed by atoms with E-state index in [4.69, 9.17) is 23.8 Å². The second-order valence-electron chi connectivity index (χ2n) is 5.24. The van der Waals surface area contributed by atoms with Gasteiger partial charge in [-0.05, 0) is 43.4 Å². The maximum atomic E-state index is 6.23. The third-order valence-corrected chi connectivity index (χ3v) is 6.19. The number of hydrogen-bond donors (Lipinski definition) is 1. The molecular formula is C14H17ClN2S2. The van der Waals surface area contributed by atoms with E-state index in [0.717, 1.165) is 27.4 Å². The summed E-state index contributed by atoms with van der Waals surface area (Å²) in [7, 11) is 0. The standard InChI is InChI=1S/C14H17ClN2S2/c1-19-14(7-2-3-8-14)9-17-11-6-4-5-10(15)12(11)16-13(17)18/h4-6H,2-3,7-9H2,1H3,(H,16,18). The topological polar surface area (TPSA) is 20.7 Å². The summed E-state index contributed by atoms with van der Waals surface area (Å²) >= 11 is 13.7. The van der Waals surface area contributed by atoms with Crippen molar-refractivity contribution in [2.45, 2.75) is 37.0 Å². The van der Waals surface area contributed by atoms with Crippen LogP contribution in [0.25, 0.3) is 11.0 Å². The largest absolute Gasteiger partial charge is 0.329 e. The van der Waals surface area contributed by atoms with Gasteiger partial charge in [-0.2, -0.15) is 11.8 Å². The smallest absolute Gasteiger partial charge is 0.178 e. The summed E-state index contributed by atoms with van der Waals surface area (Å²) in [5.74, 6) is 0. The average molecular weight is 313 g/mol. The molecule has 1 fully saturated rings. The number of fused-ring (bicyclic) bond motifs is 1. The van der Waals surface area contributed by atoms with Crippen LogP contribution in [0.15, 0.2) is 18.2 Å². The van der Waals surface area contributed by atoms with Gasteiger partial charge in [-0.15, -0.1) is 0 Å². The lowest BCUT2D eigenvalue weighted by molar-refractivity contribution is 0.510. The van der Waals surface area contributed by atoms with Gasteiger partial charge in [-0.1, -0.05) is 30.5 Å². The molecule has 1 heterocycles. The average Bonchev–Trinajstić information content (AvgIpc) is 2.99. The summed E-state index contributed by atoms with van der Waals surface area (Å²) in [5.41, 5.74) is 2.08. The first kappa shape index (κ1) is 13.5. The van der Waals surface area contributed by atoms with Gasteiger partial charge in [-0.25, -0.2) is 0 Å². The zero-order valence-corrected chi connectivity index (χ0v) is 13.3. The van der Waals surface area contributed by atoms with Crippen molar-refractivity contribution in [3.63, 3.8) is 0 Å². The van der Waals surface area contributed by atoms with Crippen molar-refractivity contribution in [3.05, 3.63) is 28.0 Å². The number of para-hydroxylation sites is 1. The highest BCUT2D eigenvalue weighted by Gasteiger charge is 2.34. The number of hydrogen-bond acceptors (Lipinski definition) is 2. The molecule has 0 atom stereocenters. The van der Waals surface area contributed by atoms with Gasteiger partial charge in [0, 0.05) is 11.3 Å². The molecule has 1 aromatic carbocycles. The van der Waals surface area contributed by atoms with Crippen LogP contribution < -0.4 is 0 Å². The highest BCUT2D eigenvalue weighted by molar-refractivity contribution is 8.00. The van der Waals surface area contributed by atoms with E-state index in [1.54, 1.807) is 0 Å². The molecule has 1 aliphatic carbocycles. The summed E-state index contributed by atoms with van der Waals surface area (Å²) in [5, 5.41) is 0.743. The highest BCUT2D eigenvalue weighted by atomic mass is 35.5. The molecule has 1 aliphatic rings. The van der Waals surface area contributed by atoms with Crippen LogP contribution in [0.4, 0.5) is 0 Å². The molecule has 0 unspecified atom stereocenters. The maximum Gasteiger partial charge on any atom is 0.178 e. The van der Waals surface area contributed by atoms with E-state index >= 15 is 0 Å². The van der Waals surface area contributed by atoms with Crippen molar-refractivity contribution in [1.29, 1.82) is 0 Å². The van der Waals surface area contributed by atoms with Crippen molar-refractivity contribution in [1.82, 2.24) is 9.55 Å². The number of nitrogens with zero attached hydrogens (tertiary/aromatic N) is 1. The normalized spacial score (nSPS) is 18.2. The van der Waals surface area contributed by atoms with Crippen LogP contribution in [-0.4, -0.2) is 20.6 Å². The lowest BCUT2D eigenvalue weighted by atomic mass is 10.1. The molecule has 1 saturated carbocycles. The van der Waals surface area contributed by atoms with E-state index in [2.05, 4.69) is 21.9 Å². The highest BCUT2D eigenvalue weighted by Crippen LogP contribution is 2.42. The fourth-order valence-electron chi connectivity index (χ4n) is 3.04. The predicted molar refractivity (Wildman–Crippen MR) is 86.8 cm³/mol. The van der Waals surface area contributed by atoms with Crippen LogP contribution >= 0.6 is 35.6 Å². The number of rotatable bonds is 3. The third-order valence-electron chi connectivity index (χ3n) is 4.15. The van der Waals surface area contributed by atoms with Crippen LogP contribution in [0.3, 0.4) is 0 Å². The number of benzene rings is 1. The van der Waals surface area contributed by atoms with Crippen LogP contribution in [0.1, 0.15) is 25.7 Å². The number of aromatic amines is 1. The van der Waals surface area contributed by atoms with Gasteiger partial charge < -0.3 is 9.55 Å². The molecule has 102 valence electrons. The maximum absolute atomic E-state index is 6.23. The summed E-state index contributed by atoms with van der Waals surface area (Å²) < 4.78 is 3.34. The lowest BCUT2D eigenvalue weighted by Gasteiger charge is -2.27. The number of nitrogens with one attached hydrogen (secondary N) is 1. The third kappa shape index (κ3) is 2.34. The van der Waals surface area contributed by atoms with E-state index in [1.807, 2.05) is 23.9 Å². The van der Waals surface area contributed by atoms with Crippen LogP contribution in [0.5, 0.6) is 0 Å². The molecule has 2 nitrogen and oxygen atoms in total.